The molecule has 4 rings (SSSR count). The highest BCUT2D eigenvalue weighted by atomic mass is 79.9. The van der Waals surface area contributed by atoms with Gasteiger partial charge in [-0.3, -0.25) is 4.79 Å². The lowest BCUT2D eigenvalue weighted by Gasteiger charge is -2.15. The summed E-state index contributed by atoms with van der Waals surface area (Å²) in [6.45, 7) is 3.97. The number of pyridine rings is 1. The van der Waals surface area contributed by atoms with E-state index in [4.69, 9.17) is 4.42 Å². The Labute approximate surface area is 177 Å². The zero-order valence-electron chi connectivity index (χ0n) is 16.1. The second-order valence-corrected chi connectivity index (χ2v) is 7.74. The highest BCUT2D eigenvalue weighted by Crippen LogP contribution is 2.28. The van der Waals surface area contributed by atoms with Gasteiger partial charge in [-0.1, -0.05) is 46.3 Å². The van der Waals surface area contributed by atoms with Crippen LogP contribution >= 0.6 is 15.9 Å². The maximum atomic E-state index is 12.8. The van der Waals surface area contributed by atoms with Crippen molar-refractivity contribution in [3.05, 3.63) is 88.2 Å². The standard InChI is InChI=1S/C23H20BrN3O2/c1-14-12-17(8-9-19(14)24)26-22-18-10-11-29-21(18)13-20(27-22)23(28)25-15(2)16-6-4-3-5-7-16/h3-13,15H,1-2H3,(H,25,28)(H,26,27)/t15-/m0/s1. The molecule has 0 unspecified atom stereocenters. The fourth-order valence-corrected chi connectivity index (χ4v) is 3.38. The first-order chi connectivity index (χ1) is 14.0. The lowest BCUT2D eigenvalue weighted by Crippen LogP contribution is -2.27. The fourth-order valence-electron chi connectivity index (χ4n) is 3.13. The van der Waals surface area contributed by atoms with E-state index in [1.807, 2.05) is 68.4 Å². The van der Waals surface area contributed by atoms with Crippen LogP contribution in [0.2, 0.25) is 0 Å². The van der Waals surface area contributed by atoms with E-state index in [1.54, 1.807) is 12.3 Å². The average molecular weight is 450 g/mol. The monoisotopic (exact) mass is 449 g/mol. The molecule has 4 aromatic rings. The summed E-state index contributed by atoms with van der Waals surface area (Å²) in [5.41, 5.74) is 3.92. The van der Waals surface area contributed by atoms with Crippen LogP contribution in [0.5, 0.6) is 0 Å². The number of hydrogen-bond donors (Lipinski definition) is 2. The van der Waals surface area contributed by atoms with Crippen LogP contribution in [0.25, 0.3) is 11.0 Å². The molecule has 2 heterocycles. The number of aryl methyl sites for hydroxylation is 1. The predicted octanol–water partition coefficient (Wildman–Crippen LogP) is 6.13. The molecule has 0 radical (unpaired) electrons. The van der Waals surface area contributed by atoms with E-state index in [2.05, 4.69) is 31.5 Å². The molecule has 2 aromatic heterocycles. The number of carbonyl (C=O) groups excluding carboxylic acids is 1. The highest BCUT2D eigenvalue weighted by molar-refractivity contribution is 9.10. The highest BCUT2D eigenvalue weighted by Gasteiger charge is 2.17. The van der Waals surface area contributed by atoms with Crippen LogP contribution in [0.4, 0.5) is 11.5 Å². The molecule has 0 aliphatic rings. The van der Waals surface area contributed by atoms with Gasteiger partial charge in [0.25, 0.3) is 5.91 Å². The summed E-state index contributed by atoms with van der Waals surface area (Å²) in [5.74, 6) is 0.324. The molecule has 0 fully saturated rings. The van der Waals surface area contributed by atoms with Crippen LogP contribution in [0.1, 0.15) is 34.6 Å². The summed E-state index contributed by atoms with van der Waals surface area (Å²) in [6.07, 6.45) is 1.60. The third-order valence-corrected chi connectivity index (χ3v) is 5.64. The second-order valence-electron chi connectivity index (χ2n) is 6.88. The number of halogens is 1. The molecule has 2 N–H and O–H groups in total. The number of nitrogens with one attached hydrogen (secondary N) is 2. The SMILES string of the molecule is Cc1cc(Nc2nc(C(=O)N[C@@H](C)c3ccccc3)cc3occc23)ccc1Br. The Balaban J connectivity index is 1.63. The topological polar surface area (TPSA) is 67.2 Å². The maximum Gasteiger partial charge on any atom is 0.270 e. The van der Waals surface area contributed by atoms with Gasteiger partial charge in [0.1, 0.15) is 17.1 Å². The number of rotatable bonds is 5. The van der Waals surface area contributed by atoms with Gasteiger partial charge in [0, 0.05) is 16.2 Å². The smallest absolute Gasteiger partial charge is 0.270 e. The number of amides is 1. The summed E-state index contributed by atoms with van der Waals surface area (Å²) in [4.78, 5) is 17.4. The van der Waals surface area contributed by atoms with E-state index in [0.717, 1.165) is 26.7 Å². The third kappa shape index (κ3) is 4.17. The van der Waals surface area contributed by atoms with Crippen molar-refractivity contribution < 1.29 is 9.21 Å². The first kappa shape index (κ1) is 19.2. The zero-order valence-corrected chi connectivity index (χ0v) is 17.7. The number of benzene rings is 2. The van der Waals surface area contributed by atoms with Crippen LogP contribution in [-0.4, -0.2) is 10.9 Å². The average Bonchev–Trinajstić information content (AvgIpc) is 3.20. The summed E-state index contributed by atoms with van der Waals surface area (Å²) < 4.78 is 6.59. The Hall–Kier alpha value is -3.12. The molecule has 2 aromatic carbocycles. The Kier molecular flexibility index (Phi) is 5.36. The molecule has 0 aliphatic carbocycles. The van der Waals surface area contributed by atoms with Crippen molar-refractivity contribution in [1.82, 2.24) is 10.3 Å². The van der Waals surface area contributed by atoms with Crippen molar-refractivity contribution >= 4 is 44.3 Å². The van der Waals surface area contributed by atoms with Gasteiger partial charge in [0.2, 0.25) is 0 Å². The van der Waals surface area contributed by atoms with Gasteiger partial charge in [0.05, 0.1) is 17.7 Å². The number of fused-ring (bicyclic) bond motifs is 1. The van der Waals surface area contributed by atoms with Gasteiger partial charge in [-0.2, -0.15) is 0 Å². The van der Waals surface area contributed by atoms with Crippen molar-refractivity contribution in [3.8, 4) is 0 Å². The largest absolute Gasteiger partial charge is 0.464 e. The molecule has 0 spiro atoms. The molecule has 0 bridgehead atoms. The van der Waals surface area contributed by atoms with Gasteiger partial charge in [-0.05, 0) is 49.2 Å². The number of aromatic nitrogens is 1. The normalized spacial score (nSPS) is 12.0. The van der Waals surface area contributed by atoms with Gasteiger partial charge in [-0.25, -0.2) is 4.98 Å². The Bertz CT molecular complexity index is 1170. The van der Waals surface area contributed by atoms with E-state index in [1.165, 1.54) is 0 Å². The molecular formula is C23H20BrN3O2. The van der Waals surface area contributed by atoms with E-state index in [9.17, 15) is 4.79 Å². The quantitative estimate of drug-likeness (QED) is 0.384. The minimum absolute atomic E-state index is 0.136. The Morgan fingerprint density at radius 1 is 1.10 bits per heavy atom. The molecule has 29 heavy (non-hydrogen) atoms. The Morgan fingerprint density at radius 2 is 1.90 bits per heavy atom. The summed E-state index contributed by atoms with van der Waals surface area (Å²) >= 11 is 3.51. The number of carbonyl (C=O) groups is 1. The molecule has 0 aliphatic heterocycles. The third-order valence-electron chi connectivity index (χ3n) is 4.75. The lowest BCUT2D eigenvalue weighted by molar-refractivity contribution is 0.0935. The number of nitrogens with zero attached hydrogens (tertiary/aromatic N) is 1. The number of anilines is 2. The predicted molar refractivity (Wildman–Crippen MR) is 118 cm³/mol. The van der Waals surface area contributed by atoms with E-state index < -0.39 is 0 Å². The van der Waals surface area contributed by atoms with Crippen LogP contribution in [-0.2, 0) is 0 Å². The van der Waals surface area contributed by atoms with Crippen molar-refractivity contribution in [3.63, 3.8) is 0 Å². The molecule has 5 nitrogen and oxygen atoms in total. The molecule has 0 saturated heterocycles. The van der Waals surface area contributed by atoms with Gasteiger partial charge < -0.3 is 15.1 Å². The van der Waals surface area contributed by atoms with Crippen LogP contribution < -0.4 is 10.6 Å². The minimum atomic E-state index is -0.255. The molecule has 1 amide bonds. The Morgan fingerprint density at radius 3 is 2.66 bits per heavy atom. The van der Waals surface area contributed by atoms with Crippen molar-refractivity contribution in [2.75, 3.05) is 5.32 Å². The zero-order chi connectivity index (χ0) is 20.4. The second kappa shape index (κ2) is 8.09. The van der Waals surface area contributed by atoms with E-state index in [0.29, 0.717) is 17.1 Å². The van der Waals surface area contributed by atoms with Gasteiger partial charge >= 0.3 is 0 Å². The van der Waals surface area contributed by atoms with Crippen molar-refractivity contribution in [2.45, 2.75) is 19.9 Å². The van der Waals surface area contributed by atoms with Gasteiger partial charge in [-0.15, -0.1) is 0 Å². The molecule has 6 heteroatoms. The van der Waals surface area contributed by atoms with Crippen molar-refractivity contribution in [1.29, 1.82) is 0 Å². The number of hydrogen-bond acceptors (Lipinski definition) is 4. The first-order valence-electron chi connectivity index (χ1n) is 9.28. The fraction of sp³-hybridized carbons (Fsp3) is 0.130. The maximum absolute atomic E-state index is 12.8. The summed E-state index contributed by atoms with van der Waals surface area (Å²) in [6, 6.07) is 19.1. The van der Waals surface area contributed by atoms with Gasteiger partial charge in [0.15, 0.2) is 0 Å². The minimum Gasteiger partial charge on any atom is -0.464 e. The van der Waals surface area contributed by atoms with Crippen LogP contribution in [0.15, 0.2) is 75.8 Å². The van der Waals surface area contributed by atoms with Crippen LogP contribution in [0, 0.1) is 6.92 Å². The molecule has 1 atom stereocenters. The first-order valence-corrected chi connectivity index (χ1v) is 10.1. The van der Waals surface area contributed by atoms with E-state index >= 15 is 0 Å². The molecule has 0 saturated carbocycles. The van der Waals surface area contributed by atoms with E-state index in [-0.39, 0.29) is 11.9 Å². The summed E-state index contributed by atoms with van der Waals surface area (Å²) in [7, 11) is 0. The lowest BCUT2D eigenvalue weighted by atomic mass is 10.1. The molecular weight excluding hydrogens is 430 g/mol. The summed E-state index contributed by atoms with van der Waals surface area (Å²) in [5, 5.41) is 7.13. The molecule has 146 valence electrons. The number of furan rings is 1. The van der Waals surface area contributed by atoms with Crippen LogP contribution in [0.3, 0.4) is 0 Å². The van der Waals surface area contributed by atoms with Crippen molar-refractivity contribution in [2.24, 2.45) is 0 Å².